The summed E-state index contributed by atoms with van der Waals surface area (Å²) in [5, 5.41) is 30.7. The first-order valence-electron chi connectivity index (χ1n) is 7.74. The molecule has 0 radical (unpaired) electrons. The fourth-order valence-electron chi connectivity index (χ4n) is 3.07. The van der Waals surface area contributed by atoms with Gasteiger partial charge in [0.2, 0.25) is 0 Å². The first kappa shape index (κ1) is 15.8. The van der Waals surface area contributed by atoms with E-state index in [9.17, 15) is 4.79 Å². The highest BCUT2D eigenvalue weighted by Crippen LogP contribution is 2.34. The molecule has 1 aliphatic carbocycles. The summed E-state index contributed by atoms with van der Waals surface area (Å²) < 4.78 is 0. The lowest BCUT2D eigenvalue weighted by atomic mass is 10.0. The predicted molar refractivity (Wildman–Crippen MR) is 87.1 cm³/mol. The lowest BCUT2D eigenvalue weighted by molar-refractivity contribution is 0.190. The highest BCUT2D eigenvalue weighted by molar-refractivity contribution is 5.65. The van der Waals surface area contributed by atoms with Crippen molar-refractivity contribution in [2.24, 2.45) is 0 Å². The van der Waals surface area contributed by atoms with Crippen LogP contribution in [0.25, 0.3) is 0 Å². The molecule has 2 heterocycles. The molecule has 0 aromatic carbocycles. The summed E-state index contributed by atoms with van der Waals surface area (Å²) in [5.41, 5.74) is 2.89. The van der Waals surface area contributed by atoms with Gasteiger partial charge in [0.25, 0.3) is 0 Å². The first-order valence-corrected chi connectivity index (χ1v) is 7.74. The van der Waals surface area contributed by atoms with Crippen molar-refractivity contribution in [3.05, 3.63) is 35.3 Å². The van der Waals surface area contributed by atoms with Gasteiger partial charge in [-0.2, -0.15) is 10.4 Å². The molecule has 0 spiro atoms. The van der Waals surface area contributed by atoms with Crippen LogP contribution in [0.3, 0.4) is 0 Å². The molecule has 24 heavy (non-hydrogen) atoms. The summed E-state index contributed by atoms with van der Waals surface area (Å²) >= 11 is 0. The molecule has 8 heteroatoms. The van der Waals surface area contributed by atoms with Crippen LogP contribution < -0.4 is 10.6 Å². The van der Waals surface area contributed by atoms with E-state index in [1.807, 2.05) is 19.1 Å². The maximum absolute atomic E-state index is 10.7. The van der Waals surface area contributed by atoms with E-state index in [4.69, 9.17) is 10.4 Å². The molecule has 0 bridgehead atoms. The van der Waals surface area contributed by atoms with E-state index in [0.29, 0.717) is 11.5 Å². The van der Waals surface area contributed by atoms with Crippen LogP contribution >= 0.6 is 0 Å². The summed E-state index contributed by atoms with van der Waals surface area (Å²) in [7, 11) is 0. The van der Waals surface area contributed by atoms with Crippen LogP contribution in [0.2, 0.25) is 0 Å². The standard InChI is InChI=1S/C16H18N6O2/c1-9-13(5-4-12(8-17)18-9)20-15-7-14(21-22-15)10-2-3-11(6-10)19-16(23)24/h4-5,7,10-11,19H,2-3,6H2,1H3,(H,23,24)(H2,20,21,22)/t10?,11-/m0/s1. The van der Waals surface area contributed by atoms with E-state index in [-0.39, 0.29) is 12.0 Å². The number of pyridine rings is 1. The number of hydrogen-bond acceptors (Lipinski definition) is 5. The van der Waals surface area contributed by atoms with E-state index in [0.717, 1.165) is 36.3 Å². The number of hydrogen-bond donors (Lipinski definition) is 4. The Bertz CT molecular complexity index is 794. The summed E-state index contributed by atoms with van der Waals surface area (Å²) in [6, 6.07) is 7.40. The van der Waals surface area contributed by atoms with Gasteiger partial charge in [0.15, 0.2) is 5.82 Å². The second kappa shape index (κ2) is 6.58. The minimum absolute atomic E-state index is 0.00261. The monoisotopic (exact) mass is 326 g/mol. The van der Waals surface area contributed by atoms with Crippen molar-refractivity contribution in [1.82, 2.24) is 20.5 Å². The Hall–Kier alpha value is -3.08. The van der Waals surface area contributed by atoms with Crippen molar-refractivity contribution in [2.45, 2.75) is 38.1 Å². The number of carboxylic acid groups (broad SMARTS) is 1. The zero-order valence-corrected chi connectivity index (χ0v) is 13.2. The van der Waals surface area contributed by atoms with Gasteiger partial charge >= 0.3 is 6.09 Å². The molecule has 0 saturated heterocycles. The van der Waals surface area contributed by atoms with E-state index in [1.165, 1.54) is 0 Å². The first-order chi connectivity index (χ1) is 11.5. The number of rotatable bonds is 4. The topological polar surface area (TPSA) is 127 Å². The maximum Gasteiger partial charge on any atom is 0.404 e. The molecule has 4 N–H and O–H groups in total. The molecule has 1 amide bonds. The van der Waals surface area contributed by atoms with Crippen molar-refractivity contribution in [3.8, 4) is 6.07 Å². The third-order valence-electron chi connectivity index (χ3n) is 4.26. The second-order valence-corrected chi connectivity index (χ2v) is 5.93. The summed E-state index contributed by atoms with van der Waals surface area (Å²) in [5.74, 6) is 0.944. The average molecular weight is 326 g/mol. The van der Waals surface area contributed by atoms with Crippen LogP contribution in [0.1, 0.15) is 42.3 Å². The van der Waals surface area contributed by atoms with Crippen LogP contribution in [0, 0.1) is 18.3 Å². The normalized spacial score (nSPS) is 19.7. The number of anilines is 2. The highest BCUT2D eigenvalue weighted by atomic mass is 16.4. The Morgan fingerprint density at radius 3 is 3.00 bits per heavy atom. The van der Waals surface area contributed by atoms with Gasteiger partial charge in [-0.1, -0.05) is 0 Å². The van der Waals surface area contributed by atoms with Crippen molar-refractivity contribution < 1.29 is 9.90 Å². The summed E-state index contributed by atoms with van der Waals surface area (Å²) in [4.78, 5) is 14.9. The molecule has 1 fully saturated rings. The van der Waals surface area contributed by atoms with Gasteiger partial charge in [0.1, 0.15) is 11.8 Å². The number of nitrogens with zero attached hydrogens (tertiary/aromatic N) is 3. The molecule has 1 aliphatic rings. The Labute approximate surface area is 138 Å². The number of amides is 1. The zero-order valence-electron chi connectivity index (χ0n) is 13.2. The van der Waals surface area contributed by atoms with Crippen molar-refractivity contribution in [2.75, 3.05) is 5.32 Å². The fraction of sp³-hybridized carbons (Fsp3) is 0.375. The second-order valence-electron chi connectivity index (χ2n) is 5.93. The Morgan fingerprint density at radius 1 is 1.46 bits per heavy atom. The number of aromatic nitrogens is 3. The summed E-state index contributed by atoms with van der Waals surface area (Å²) in [6.07, 6.45) is 1.55. The van der Waals surface area contributed by atoms with Gasteiger partial charge in [-0.3, -0.25) is 5.10 Å². The van der Waals surface area contributed by atoms with Gasteiger partial charge in [-0.25, -0.2) is 9.78 Å². The van der Waals surface area contributed by atoms with Crippen LogP contribution in [0.15, 0.2) is 18.2 Å². The molecule has 2 aromatic rings. The van der Waals surface area contributed by atoms with Gasteiger partial charge in [0.05, 0.1) is 11.4 Å². The molecular weight excluding hydrogens is 308 g/mol. The number of nitrogens with one attached hydrogen (secondary N) is 3. The van der Waals surface area contributed by atoms with E-state index in [2.05, 4.69) is 25.8 Å². The van der Waals surface area contributed by atoms with Crippen LogP contribution in [0.4, 0.5) is 16.3 Å². The molecule has 3 rings (SSSR count). The number of nitriles is 1. The van der Waals surface area contributed by atoms with Crippen LogP contribution in [-0.2, 0) is 0 Å². The largest absolute Gasteiger partial charge is 0.465 e. The number of carbonyl (C=O) groups is 1. The van der Waals surface area contributed by atoms with Crippen LogP contribution in [-0.4, -0.2) is 32.4 Å². The number of aromatic amines is 1. The molecule has 124 valence electrons. The quantitative estimate of drug-likeness (QED) is 0.684. The lowest BCUT2D eigenvalue weighted by Crippen LogP contribution is -2.31. The van der Waals surface area contributed by atoms with Crippen molar-refractivity contribution >= 4 is 17.6 Å². The maximum atomic E-state index is 10.7. The molecule has 2 atom stereocenters. The van der Waals surface area contributed by atoms with E-state index < -0.39 is 6.09 Å². The SMILES string of the molecule is Cc1nc(C#N)ccc1Nc1cc(C2CC[C@H](NC(=O)O)C2)[nH]n1. The fourth-order valence-corrected chi connectivity index (χ4v) is 3.07. The van der Waals surface area contributed by atoms with E-state index >= 15 is 0 Å². The minimum Gasteiger partial charge on any atom is -0.465 e. The number of aryl methyl sites for hydroxylation is 1. The van der Waals surface area contributed by atoms with Gasteiger partial charge in [0, 0.05) is 23.7 Å². The van der Waals surface area contributed by atoms with Gasteiger partial charge < -0.3 is 15.7 Å². The Morgan fingerprint density at radius 2 is 2.29 bits per heavy atom. The molecule has 0 aliphatic heterocycles. The smallest absolute Gasteiger partial charge is 0.404 e. The van der Waals surface area contributed by atoms with E-state index in [1.54, 1.807) is 12.1 Å². The average Bonchev–Trinajstić information content (AvgIpc) is 3.18. The zero-order chi connectivity index (χ0) is 17.1. The van der Waals surface area contributed by atoms with Gasteiger partial charge in [-0.05, 0) is 38.3 Å². The molecule has 1 saturated carbocycles. The minimum atomic E-state index is -0.976. The molecule has 1 unspecified atom stereocenters. The molecule has 8 nitrogen and oxygen atoms in total. The van der Waals surface area contributed by atoms with Crippen LogP contribution in [0.5, 0.6) is 0 Å². The van der Waals surface area contributed by atoms with Crippen molar-refractivity contribution in [1.29, 1.82) is 5.26 Å². The molecule has 2 aromatic heterocycles. The van der Waals surface area contributed by atoms with Gasteiger partial charge in [-0.15, -0.1) is 0 Å². The molecular formula is C16H18N6O2. The highest BCUT2D eigenvalue weighted by Gasteiger charge is 2.28. The third-order valence-corrected chi connectivity index (χ3v) is 4.26. The predicted octanol–water partition coefficient (Wildman–Crippen LogP) is 2.63. The third kappa shape index (κ3) is 3.46. The number of H-pyrrole nitrogens is 1. The Kier molecular flexibility index (Phi) is 4.33. The Balaban J connectivity index is 1.66. The lowest BCUT2D eigenvalue weighted by Gasteiger charge is -2.09. The summed E-state index contributed by atoms with van der Waals surface area (Å²) in [6.45, 7) is 1.83. The van der Waals surface area contributed by atoms with Crippen molar-refractivity contribution in [3.63, 3.8) is 0 Å².